The predicted octanol–water partition coefficient (Wildman–Crippen LogP) is 1.56. The first kappa shape index (κ1) is 11.2. The number of hydrogen-bond donors (Lipinski definition) is 1. The van der Waals surface area contributed by atoms with Crippen molar-refractivity contribution in [1.82, 2.24) is 19.8 Å². The molecular weight excluding hydrogens is 226 g/mol. The van der Waals surface area contributed by atoms with Gasteiger partial charge in [0.15, 0.2) is 0 Å². The van der Waals surface area contributed by atoms with Gasteiger partial charge in [0.05, 0.1) is 11.7 Å². The van der Waals surface area contributed by atoms with Crippen LogP contribution in [0.15, 0.2) is 4.42 Å². The third-order valence-corrected chi connectivity index (χ3v) is 3.04. The highest BCUT2D eigenvalue weighted by Crippen LogP contribution is 2.26. The summed E-state index contributed by atoms with van der Waals surface area (Å²) in [5, 5.41) is 11.9. The molecule has 0 saturated heterocycles. The van der Waals surface area contributed by atoms with Crippen LogP contribution in [0.2, 0.25) is 0 Å². The molecule has 7 heteroatoms. The molecule has 0 aliphatic heterocycles. The molecule has 2 rings (SSSR count). The van der Waals surface area contributed by atoms with E-state index in [1.165, 1.54) is 11.5 Å². The van der Waals surface area contributed by atoms with E-state index in [2.05, 4.69) is 19.8 Å². The van der Waals surface area contributed by atoms with Crippen molar-refractivity contribution in [3.63, 3.8) is 0 Å². The summed E-state index contributed by atoms with van der Waals surface area (Å²) in [6.45, 7) is 3.98. The van der Waals surface area contributed by atoms with Crippen LogP contribution in [0.5, 0.6) is 0 Å². The Bertz CT molecular complexity index is 466. The highest BCUT2D eigenvalue weighted by atomic mass is 32.1. The zero-order chi connectivity index (χ0) is 11.5. The van der Waals surface area contributed by atoms with Gasteiger partial charge in [-0.25, -0.2) is 0 Å². The van der Waals surface area contributed by atoms with Gasteiger partial charge in [0.1, 0.15) is 4.88 Å². The van der Waals surface area contributed by atoms with Crippen LogP contribution in [0, 0.1) is 0 Å². The van der Waals surface area contributed by atoms with E-state index < -0.39 is 0 Å². The first-order chi connectivity index (χ1) is 7.76. The molecule has 0 spiro atoms. The SMILES string of the molecule is CCc1nnsc1-c1nnc(C(N)CC)o1. The molecule has 0 fully saturated rings. The van der Waals surface area contributed by atoms with E-state index in [4.69, 9.17) is 10.2 Å². The van der Waals surface area contributed by atoms with Crippen LogP contribution in [0.4, 0.5) is 0 Å². The van der Waals surface area contributed by atoms with Gasteiger partial charge in [-0.3, -0.25) is 0 Å². The standard InChI is InChI=1S/C9H13N5OS/c1-3-5(10)8-12-13-9(15-8)7-6(4-2)11-14-16-7/h5H,3-4,10H2,1-2H3. The summed E-state index contributed by atoms with van der Waals surface area (Å²) >= 11 is 1.26. The van der Waals surface area contributed by atoms with Gasteiger partial charge in [0.2, 0.25) is 5.89 Å². The summed E-state index contributed by atoms with van der Waals surface area (Å²) < 4.78 is 9.38. The minimum Gasteiger partial charge on any atom is -0.418 e. The van der Waals surface area contributed by atoms with Crippen molar-refractivity contribution in [1.29, 1.82) is 0 Å². The monoisotopic (exact) mass is 239 g/mol. The van der Waals surface area contributed by atoms with E-state index in [9.17, 15) is 0 Å². The summed E-state index contributed by atoms with van der Waals surface area (Å²) in [4.78, 5) is 0.838. The summed E-state index contributed by atoms with van der Waals surface area (Å²) in [6.07, 6.45) is 1.56. The fourth-order valence-electron chi connectivity index (χ4n) is 1.25. The van der Waals surface area contributed by atoms with Crippen molar-refractivity contribution in [2.75, 3.05) is 0 Å². The smallest absolute Gasteiger partial charge is 0.261 e. The fraction of sp³-hybridized carbons (Fsp3) is 0.556. The third kappa shape index (κ3) is 1.96. The van der Waals surface area contributed by atoms with Gasteiger partial charge >= 0.3 is 0 Å². The zero-order valence-electron chi connectivity index (χ0n) is 9.17. The van der Waals surface area contributed by atoms with Gasteiger partial charge in [-0.1, -0.05) is 18.3 Å². The number of nitrogens with zero attached hydrogens (tertiary/aromatic N) is 4. The van der Waals surface area contributed by atoms with Crippen molar-refractivity contribution in [2.24, 2.45) is 5.73 Å². The second-order valence-electron chi connectivity index (χ2n) is 3.36. The molecule has 0 aromatic carbocycles. The van der Waals surface area contributed by atoms with Gasteiger partial charge in [-0.05, 0) is 24.4 Å². The summed E-state index contributed by atoms with van der Waals surface area (Å²) in [6, 6.07) is -0.202. The Morgan fingerprint density at radius 1 is 1.31 bits per heavy atom. The average Bonchev–Trinajstić information content (AvgIpc) is 2.95. The van der Waals surface area contributed by atoms with E-state index in [1.54, 1.807) is 0 Å². The molecular formula is C9H13N5OS. The van der Waals surface area contributed by atoms with E-state index >= 15 is 0 Å². The number of nitrogens with two attached hydrogens (primary N) is 1. The molecule has 0 aliphatic carbocycles. The summed E-state index contributed by atoms with van der Waals surface area (Å²) in [5.74, 6) is 0.929. The normalized spacial score (nSPS) is 12.9. The maximum absolute atomic E-state index is 5.81. The van der Waals surface area contributed by atoms with E-state index in [-0.39, 0.29) is 6.04 Å². The molecule has 2 aromatic rings. The van der Waals surface area contributed by atoms with Crippen molar-refractivity contribution >= 4 is 11.5 Å². The van der Waals surface area contributed by atoms with Crippen LogP contribution >= 0.6 is 11.5 Å². The Morgan fingerprint density at radius 2 is 2.12 bits per heavy atom. The van der Waals surface area contributed by atoms with Gasteiger partial charge in [0, 0.05) is 0 Å². The topological polar surface area (TPSA) is 90.7 Å². The average molecular weight is 239 g/mol. The largest absolute Gasteiger partial charge is 0.418 e. The van der Waals surface area contributed by atoms with Gasteiger partial charge in [-0.2, -0.15) is 0 Å². The highest BCUT2D eigenvalue weighted by Gasteiger charge is 2.18. The maximum atomic E-state index is 5.81. The van der Waals surface area contributed by atoms with Gasteiger partial charge in [0.25, 0.3) is 5.89 Å². The molecule has 0 aliphatic rings. The van der Waals surface area contributed by atoms with E-state index in [0.717, 1.165) is 23.4 Å². The molecule has 0 amide bonds. The first-order valence-corrected chi connectivity index (χ1v) is 5.94. The van der Waals surface area contributed by atoms with Crippen LogP contribution in [0.25, 0.3) is 10.8 Å². The molecule has 2 heterocycles. The maximum Gasteiger partial charge on any atom is 0.261 e. The molecule has 6 nitrogen and oxygen atoms in total. The number of rotatable bonds is 4. The lowest BCUT2D eigenvalue weighted by atomic mass is 10.2. The quantitative estimate of drug-likeness (QED) is 0.870. The second kappa shape index (κ2) is 4.67. The lowest BCUT2D eigenvalue weighted by Crippen LogP contribution is -2.08. The predicted molar refractivity (Wildman–Crippen MR) is 59.8 cm³/mol. The summed E-state index contributed by atoms with van der Waals surface area (Å²) in [5.41, 5.74) is 6.69. The van der Waals surface area contributed by atoms with Gasteiger partial charge in [-0.15, -0.1) is 15.3 Å². The van der Waals surface area contributed by atoms with Crippen molar-refractivity contribution in [3.05, 3.63) is 11.6 Å². The van der Waals surface area contributed by atoms with Crippen LogP contribution < -0.4 is 5.73 Å². The molecule has 1 unspecified atom stereocenters. The number of aromatic nitrogens is 4. The third-order valence-electron chi connectivity index (χ3n) is 2.28. The van der Waals surface area contributed by atoms with Crippen LogP contribution in [-0.4, -0.2) is 19.8 Å². The van der Waals surface area contributed by atoms with Crippen molar-refractivity contribution in [3.8, 4) is 10.8 Å². The minimum absolute atomic E-state index is 0.202. The first-order valence-electron chi connectivity index (χ1n) is 5.16. The molecule has 0 bridgehead atoms. The number of aryl methyl sites for hydroxylation is 1. The second-order valence-corrected chi connectivity index (χ2v) is 4.12. The Kier molecular flexibility index (Phi) is 3.25. The van der Waals surface area contributed by atoms with Crippen molar-refractivity contribution in [2.45, 2.75) is 32.7 Å². The zero-order valence-corrected chi connectivity index (χ0v) is 9.99. The lowest BCUT2D eigenvalue weighted by molar-refractivity contribution is 0.453. The van der Waals surface area contributed by atoms with Gasteiger partial charge < -0.3 is 10.2 Å². The minimum atomic E-state index is -0.202. The molecule has 0 saturated carbocycles. The molecule has 2 N–H and O–H groups in total. The Morgan fingerprint density at radius 3 is 2.81 bits per heavy atom. The molecule has 1 atom stereocenters. The Hall–Kier alpha value is -1.34. The molecule has 2 aromatic heterocycles. The van der Waals surface area contributed by atoms with Crippen molar-refractivity contribution < 1.29 is 4.42 Å². The molecule has 86 valence electrons. The Labute approximate surface area is 97.0 Å². The van der Waals surface area contributed by atoms with E-state index in [0.29, 0.717) is 11.8 Å². The number of hydrogen-bond acceptors (Lipinski definition) is 7. The van der Waals surface area contributed by atoms with Crippen LogP contribution in [-0.2, 0) is 6.42 Å². The van der Waals surface area contributed by atoms with E-state index in [1.807, 2.05) is 13.8 Å². The Balaban J connectivity index is 2.31. The molecule has 0 radical (unpaired) electrons. The van der Waals surface area contributed by atoms with Crippen LogP contribution in [0.3, 0.4) is 0 Å². The lowest BCUT2D eigenvalue weighted by Gasteiger charge is -1.99. The van der Waals surface area contributed by atoms with Crippen LogP contribution in [0.1, 0.15) is 37.9 Å². The molecule has 16 heavy (non-hydrogen) atoms. The highest BCUT2D eigenvalue weighted by molar-refractivity contribution is 7.09. The summed E-state index contributed by atoms with van der Waals surface area (Å²) in [7, 11) is 0. The fourth-order valence-corrected chi connectivity index (χ4v) is 1.93.